The average molecular weight is 688 g/mol. The summed E-state index contributed by atoms with van der Waals surface area (Å²) in [4.78, 5) is 2.57. The minimum atomic E-state index is -3.55. The molecule has 9 heteroatoms. The summed E-state index contributed by atoms with van der Waals surface area (Å²) in [7, 11) is -3.55. The molecule has 49 heavy (non-hydrogen) atoms. The van der Waals surface area contributed by atoms with Crippen molar-refractivity contribution in [1.29, 1.82) is 0 Å². The third-order valence-corrected chi connectivity index (χ3v) is 9.36. The smallest absolute Gasteiger partial charge is 0.229 e. The van der Waals surface area contributed by atoms with Gasteiger partial charge in [-0.05, 0) is 106 Å². The van der Waals surface area contributed by atoms with Crippen LogP contribution in [0.5, 0.6) is 11.5 Å². The Kier molecular flexibility index (Phi) is 14.1. The van der Waals surface area contributed by atoms with Gasteiger partial charge in [0.2, 0.25) is 10.0 Å². The van der Waals surface area contributed by atoms with Crippen LogP contribution < -0.4 is 14.8 Å². The monoisotopic (exact) mass is 687 g/mol. The maximum absolute atomic E-state index is 11.5. The van der Waals surface area contributed by atoms with Crippen LogP contribution >= 0.6 is 0 Å². The van der Waals surface area contributed by atoms with Gasteiger partial charge in [0.05, 0.1) is 24.7 Å². The van der Waals surface area contributed by atoms with Crippen molar-refractivity contribution in [3.05, 3.63) is 125 Å². The van der Waals surface area contributed by atoms with Crippen molar-refractivity contribution >= 4 is 15.7 Å². The quantitative estimate of drug-likeness (QED) is 0.0628. The van der Waals surface area contributed by atoms with Crippen LogP contribution in [0, 0.1) is 0 Å². The molecule has 0 saturated carbocycles. The highest BCUT2D eigenvalue weighted by atomic mass is 32.2. The lowest BCUT2D eigenvalue weighted by atomic mass is 9.87. The maximum Gasteiger partial charge on any atom is 0.229 e. The first kappa shape index (κ1) is 37.9. The van der Waals surface area contributed by atoms with Crippen molar-refractivity contribution in [2.45, 2.75) is 71.1 Å². The van der Waals surface area contributed by atoms with Crippen molar-refractivity contribution < 1.29 is 23.4 Å². The van der Waals surface area contributed by atoms with Gasteiger partial charge < -0.3 is 20.3 Å². The first-order valence-electron chi connectivity index (χ1n) is 17.2. The zero-order valence-corrected chi connectivity index (χ0v) is 30.3. The molecule has 0 aromatic heterocycles. The van der Waals surface area contributed by atoms with Crippen LogP contribution in [0.2, 0.25) is 0 Å². The van der Waals surface area contributed by atoms with Gasteiger partial charge in [-0.3, -0.25) is 9.62 Å². The highest BCUT2D eigenvalue weighted by Crippen LogP contribution is 2.30. The van der Waals surface area contributed by atoms with E-state index < -0.39 is 16.1 Å². The molecule has 0 saturated heterocycles. The molecule has 4 aromatic carbocycles. The zero-order valence-electron chi connectivity index (χ0n) is 29.5. The number of anilines is 1. The predicted molar refractivity (Wildman–Crippen MR) is 200 cm³/mol. The summed E-state index contributed by atoms with van der Waals surface area (Å²) >= 11 is 0. The molecule has 4 N–H and O–H groups in total. The van der Waals surface area contributed by atoms with E-state index >= 15 is 0 Å². The second-order valence-electron chi connectivity index (χ2n) is 13.3. The molecule has 0 unspecified atom stereocenters. The summed E-state index contributed by atoms with van der Waals surface area (Å²) < 4.78 is 31.5. The lowest BCUT2D eigenvalue weighted by molar-refractivity contribution is 0.170. The van der Waals surface area contributed by atoms with E-state index in [2.05, 4.69) is 109 Å². The SMILES string of the molecule is CC(C)N(CC[C@H](c1ccccc1)c1cccc(CCOc2ccc(CCNC[C@H](O)c3ccc(O)c(NS(C)(=O)=O)c3)cc2)c1)C(C)C. The third-order valence-electron chi connectivity index (χ3n) is 8.77. The highest BCUT2D eigenvalue weighted by molar-refractivity contribution is 7.92. The first-order chi connectivity index (χ1) is 23.4. The van der Waals surface area contributed by atoms with E-state index in [0.29, 0.717) is 36.7 Å². The lowest BCUT2D eigenvalue weighted by Gasteiger charge is -2.32. The van der Waals surface area contributed by atoms with Gasteiger partial charge >= 0.3 is 0 Å². The molecule has 2 atom stereocenters. The summed E-state index contributed by atoms with van der Waals surface area (Å²) in [5, 5.41) is 23.7. The number of rotatable bonds is 19. The van der Waals surface area contributed by atoms with Gasteiger partial charge in [0, 0.05) is 31.0 Å². The predicted octanol–water partition coefficient (Wildman–Crippen LogP) is 6.89. The second-order valence-corrected chi connectivity index (χ2v) is 15.0. The van der Waals surface area contributed by atoms with Crippen molar-refractivity contribution in [3.8, 4) is 11.5 Å². The molecule has 4 aromatic rings. The number of benzene rings is 4. The van der Waals surface area contributed by atoms with Gasteiger partial charge in [-0.25, -0.2) is 8.42 Å². The van der Waals surface area contributed by atoms with Crippen LogP contribution in [0.25, 0.3) is 0 Å². The van der Waals surface area contributed by atoms with E-state index in [1.54, 1.807) is 6.07 Å². The Morgan fingerprint density at radius 1 is 0.776 bits per heavy atom. The Labute approximate surface area is 293 Å². The number of hydrogen-bond acceptors (Lipinski definition) is 7. The number of phenols is 1. The summed E-state index contributed by atoms with van der Waals surface area (Å²) in [6.07, 6.45) is 2.80. The number of hydrogen-bond donors (Lipinski definition) is 4. The number of nitrogens with zero attached hydrogens (tertiary/aromatic N) is 1. The minimum absolute atomic E-state index is 0.0393. The van der Waals surface area contributed by atoms with Crippen LogP contribution in [-0.4, -0.2) is 68.1 Å². The molecule has 0 fully saturated rings. The third kappa shape index (κ3) is 12.2. The molecule has 264 valence electrons. The van der Waals surface area contributed by atoms with Crippen LogP contribution in [0.4, 0.5) is 5.69 Å². The number of phenolic OH excluding ortho intramolecular Hbond substituents is 1. The molecule has 0 spiro atoms. The second kappa shape index (κ2) is 18.2. The van der Waals surface area contributed by atoms with E-state index in [1.165, 1.54) is 28.8 Å². The molecule has 0 bridgehead atoms. The van der Waals surface area contributed by atoms with Gasteiger partial charge in [-0.1, -0.05) is 72.8 Å². The zero-order chi connectivity index (χ0) is 35.4. The normalized spacial score (nSPS) is 13.2. The van der Waals surface area contributed by atoms with Crippen LogP contribution in [-0.2, 0) is 22.9 Å². The molecule has 8 nitrogen and oxygen atoms in total. The number of aliphatic hydroxyl groups is 1. The fraction of sp³-hybridized carbons (Fsp3) is 0.400. The maximum atomic E-state index is 11.5. The molecule has 0 amide bonds. The van der Waals surface area contributed by atoms with Crippen molar-refractivity contribution in [3.63, 3.8) is 0 Å². The Balaban J connectivity index is 1.25. The van der Waals surface area contributed by atoms with E-state index in [9.17, 15) is 18.6 Å². The van der Waals surface area contributed by atoms with Crippen LogP contribution in [0.15, 0.2) is 97.1 Å². The molecule has 0 aliphatic heterocycles. The first-order valence-corrected chi connectivity index (χ1v) is 19.1. The summed E-state index contributed by atoms with van der Waals surface area (Å²) in [5.74, 6) is 0.963. The highest BCUT2D eigenvalue weighted by Gasteiger charge is 2.19. The molecule has 0 radical (unpaired) electrons. The van der Waals surface area contributed by atoms with Gasteiger partial charge in [0.1, 0.15) is 11.5 Å². The number of sulfonamides is 1. The summed E-state index contributed by atoms with van der Waals surface area (Å²) in [6, 6.07) is 33.3. The van der Waals surface area contributed by atoms with Crippen LogP contribution in [0.3, 0.4) is 0 Å². The summed E-state index contributed by atoms with van der Waals surface area (Å²) in [6.45, 7) is 11.7. The van der Waals surface area contributed by atoms with Gasteiger partial charge in [0.15, 0.2) is 0 Å². The van der Waals surface area contributed by atoms with Crippen molar-refractivity contribution in [1.82, 2.24) is 10.2 Å². The van der Waals surface area contributed by atoms with E-state index in [0.717, 1.165) is 43.4 Å². The fourth-order valence-electron chi connectivity index (χ4n) is 6.24. The molecular formula is C40H53N3O5S. The van der Waals surface area contributed by atoms with Crippen molar-refractivity contribution in [2.24, 2.45) is 0 Å². The average Bonchev–Trinajstić information content (AvgIpc) is 3.06. The molecule has 4 rings (SSSR count). The van der Waals surface area contributed by atoms with Crippen LogP contribution in [0.1, 0.15) is 74.0 Å². The Morgan fingerprint density at radius 2 is 1.47 bits per heavy atom. The van der Waals surface area contributed by atoms with Gasteiger partial charge in [0.25, 0.3) is 0 Å². The standard InChI is InChI=1S/C40H53N3O5S/c1-29(2)43(30(3)4)24-21-37(33-11-7-6-8-12-33)34-13-9-10-32(26-34)22-25-48-36-17-14-31(15-18-36)20-23-41-28-40(45)35-16-19-39(44)38(27-35)42-49(5,46)47/h6-19,26-27,29-30,37,40-42,44-45H,20-25,28H2,1-5H3/t37-,40+/m1/s1. The topological polar surface area (TPSA) is 111 Å². The number of ether oxygens (including phenoxy) is 1. The number of aliphatic hydroxyl groups excluding tert-OH is 1. The van der Waals surface area contributed by atoms with E-state index in [-0.39, 0.29) is 18.0 Å². The molecule has 0 aliphatic carbocycles. The fourth-order valence-corrected chi connectivity index (χ4v) is 6.80. The number of aromatic hydroxyl groups is 1. The Morgan fingerprint density at radius 3 is 2.14 bits per heavy atom. The summed E-state index contributed by atoms with van der Waals surface area (Å²) in [5.41, 5.74) is 5.65. The lowest BCUT2D eigenvalue weighted by Crippen LogP contribution is -2.38. The molecule has 0 aliphatic rings. The van der Waals surface area contributed by atoms with Gasteiger partial charge in [-0.2, -0.15) is 0 Å². The minimum Gasteiger partial charge on any atom is -0.506 e. The molecule has 0 heterocycles. The Hall–Kier alpha value is -3.89. The molecular weight excluding hydrogens is 635 g/mol. The van der Waals surface area contributed by atoms with Crippen molar-refractivity contribution in [2.75, 3.05) is 37.2 Å². The Bertz CT molecular complexity index is 1690. The van der Waals surface area contributed by atoms with E-state index in [1.807, 2.05) is 12.1 Å². The largest absolute Gasteiger partial charge is 0.506 e. The van der Waals surface area contributed by atoms with Gasteiger partial charge in [-0.15, -0.1) is 0 Å². The number of nitrogens with one attached hydrogen (secondary N) is 2. The van der Waals surface area contributed by atoms with E-state index in [4.69, 9.17) is 4.74 Å².